The minimum atomic E-state index is -0.358. The van der Waals surface area contributed by atoms with E-state index >= 15 is 0 Å². The molecule has 7 nitrogen and oxygen atoms in total. The Morgan fingerprint density at radius 1 is 1.13 bits per heavy atom. The summed E-state index contributed by atoms with van der Waals surface area (Å²) in [6.45, 7) is 0.348. The van der Waals surface area contributed by atoms with Gasteiger partial charge in [-0.15, -0.1) is 0 Å². The van der Waals surface area contributed by atoms with Crippen molar-refractivity contribution >= 4 is 17.3 Å². The van der Waals surface area contributed by atoms with E-state index in [9.17, 15) is 4.79 Å². The second-order valence-electron chi connectivity index (χ2n) is 7.07. The molecule has 2 aromatic carbocycles. The molecule has 0 radical (unpaired) electrons. The quantitative estimate of drug-likeness (QED) is 0.476. The molecule has 0 fully saturated rings. The Labute approximate surface area is 184 Å². The molecule has 1 unspecified atom stereocenters. The van der Waals surface area contributed by atoms with Crippen LogP contribution in [0.2, 0.25) is 5.02 Å². The number of nitrogens with zero attached hydrogens (tertiary/aromatic N) is 4. The van der Waals surface area contributed by atoms with Crippen LogP contribution in [0.4, 0.5) is 5.69 Å². The number of halogens is 1. The molecule has 0 aliphatic heterocycles. The number of methoxy groups -OCH3 is 1. The summed E-state index contributed by atoms with van der Waals surface area (Å²) < 4.78 is 8.53. The van der Waals surface area contributed by atoms with Gasteiger partial charge in [-0.05, 0) is 23.3 Å². The summed E-state index contributed by atoms with van der Waals surface area (Å²) in [6, 6.07) is 17.0. The SMILES string of the molecule is COc1ccc(C(Nc2cnn(Cc3ccccc3)c(=O)c2Cl)c2nccn2C)cc1. The Morgan fingerprint density at radius 2 is 1.87 bits per heavy atom. The van der Waals surface area contributed by atoms with Crippen LogP contribution < -0.4 is 15.6 Å². The Hall–Kier alpha value is -3.58. The summed E-state index contributed by atoms with van der Waals surface area (Å²) in [5.41, 5.74) is 2.00. The highest BCUT2D eigenvalue weighted by molar-refractivity contribution is 6.32. The molecule has 1 N–H and O–H groups in total. The third-order valence-electron chi connectivity index (χ3n) is 5.03. The van der Waals surface area contributed by atoms with Crippen molar-refractivity contribution in [1.29, 1.82) is 0 Å². The zero-order chi connectivity index (χ0) is 21.8. The Kier molecular flexibility index (Phi) is 6.04. The average Bonchev–Trinajstić information content (AvgIpc) is 3.23. The van der Waals surface area contributed by atoms with Gasteiger partial charge in [0, 0.05) is 19.4 Å². The van der Waals surface area contributed by atoms with Crippen molar-refractivity contribution in [2.75, 3.05) is 12.4 Å². The standard InChI is InChI=1S/C23H22ClN5O2/c1-28-13-12-25-22(28)21(17-8-10-18(31-2)11-9-17)27-19-14-26-29(23(30)20(19)24)15-16-6-4-3-5-7-16/h3-14,21,27H,15H2,1-2H3. The molecule has 1 atom stereocenters. The van der Waals surface area contributed by atoms with Crippen molar-refractivity contribution in [3.8, 4) is 5.75 Å². The number of nitrogens with one attached hydrogen (secondary N) is 1. The third-order valence-corrected chi connectivity index (χ3v) is 5.39. The Morgan fingerprint density at radius 3 is 2.52 bits per heavy atom. The third kappa shape index (κ3) is 4.46. The molecule has 0 spiro atoms. The number of anilines is 1. The van der Waals surface area contributed by atoms with E-state index in [4.69, 9.17) is 16.3 Å². The highest BCUT2D eigenvalue weighted by Crippen LogP contribution is 2.29. The number of imidazole rings is 1. The first-order valence-corrected chi connectivity index (χ1v) is 10.1. The summed E-state index contributed by atoms with van der Waals surface area (Å²) in [6.07, 6.45) is 5.17. The maximum Gasteiger partial charge on any atom is 0.287 e. The monoisotopic (exact) mass is 435 g/mol. The van der Waals surface area contributed by atoms with Crippen LogP contribution in [0.3, 0.4) is 0 Å². The lowest BCUT2D eigenvalue weighted by atomic mass is 10.1. The molecular weight excluding hydrogens is 414 g/mol. The highest BCUT2D eigenvalue weighted by atomic mass is 35.5. The predicted molar refractivity (Wildman–Crippen MR) is 121 cm³/mol. The van der Waals surface area contributed by atoms with E-state index < -0.39 is 0 Å². The molecule has 31 heavy (non-hydrogen) atoms. The van der Waals surface area contributed by atoms with Crippen LogP contribution in [0.5, 0.6) is 5.75 Å². The molecule has 2 aromatic heterocycles. The number of benzene rings is 2. The van der Waals surface area contributed by atoms with Gasteiger partial charge < -0.3 is 14.6 Å². The highest BCUT2D eigenvalue weighted by Gasteiger charge is 2.21. The van der Waals surface area contributed by atoms with Crippen molar-refractivity contribution in [1.82, 2.24) is 19.3 Å². The van der Waals surface area contributed by atoms with E-state index in [1.165, 1.54) is 4.68 Å². The lowest BCUT2D eigenvalue weighted by Gasteiger charge is -2.21. The van der Waals surface area contributed by atoms with E-state index in [2.05, 4.69) is 15.4 Å². The number of aryl methyl sites for hydroxylation is 1. The van der Waals surface area contributed by atoms with Gasteiger partial charge in [0.1, 0.15) is 22.6 Å². The van der Waals surface area contributed by atoms with E-state index in [0.717, 1.165) is 22.7 Å². The first-order chi connectivity index (χ1) is 15.1. The molecule has 4 rings (SSSR count). The molecule has 2 heterocycles. The molecule has 4 aromatic rings. The van der Waals surface area contributed by atoms with Crippen LogP contribution in [0, 0.1) is 0 Å². The normalized spacial score (nSPS) is 11.8. The minimum Gasteiger partial charge on any atom is -0.497 e. The van der Waals surface area contributed by atoms with E-state index in [1.807, 2.05) is 72.4 Å². The lowest BCUT2D eigenvalue weighted by Crippen LogP contribution is -2.26. The summed E-state index contributed by atoms with van der Waals surface area (Å²) in [5, 5.41) is 7.75. The number of hydrogen-bond acceptors (Lipinski definition) is 5. The molecular formula is C23H22ClN5O2. The van der Waals surface area contributed by atoms with Gasteiger partial charge in [0.2, 0.25) is 0 Å². The number of rotatable bonds is 7. The maximum absolute atomic E-state index is 12.8. The molecule has 0 bridgehead atoms. The molecule has 0 aliphatic rings. The van der Waals surface area contributed by atoms with Crippen molar-refractivity contribution in [2.24, 2.45) is 7.05 Å². The van der Waals surface area contributed by atoms with Gasteiger partial charge in [-0.3, -0.25) is 4.79 Å². The fourth-order valence-electron chi connectivity index (χ4n) is 3.34. The lowest BCUT2D eigenvalue weighted by molar-refractivity contribution is 0.414. The minimum absolute atomic E-state index is 0.0821. The zero-order valence-electron chi connectivity index (χ0n) is 17.2. The van der Waals surface area contributed by atoms with Crippen LogP contribution >= 0.6 is 11.6 Å². The zero-order valence-corrected chi connectivity index (χ0v) is 18.0. The van der Waals surface area contributed by atoms with Crippen LogP contribution in [0.25, 0.3) is 0 Å². The summed E-state index contributed by atoms with van der Waals surface area (Å²) in [5.74, 6) is 1.53. The Bertz CT molecular complexity index is 1220. The topological polar surface area (TPSA) is 74.0 Å². The molecule has 0 saturated heterocycles. The molecule has 0 aliphatic carbocycles. The Balaban J connectivity index is 1.67. The summed E-state index contributed by atoms with van der Waals surface area (Å²) >= 11 is 6.46. The van der Waals surface area contributed by atoms with Crippen LogP contribution in [-0.4, -0.2) is 26.4 Å². The van der Waals surface area contributed by atoms with Crippen LogP contribution in [-0.2, 0) is 13.6 Å². The van der Waals surface area contributed by atoms with E-state index in [-0.39, 0.29) is 16.6 Å². The van der Waals surface area contributed by atoms with Crippen molar-refractivity contribution in [3.05, 3.63) is 106 Å². The molecule has 0 amide bonds. The first-order valence-electron chi connectivity index (χ1n) is 9.74. The van der Waals surface area contributed by atoms with E-state index in [1.54, 1.807) is 19.5 Å². The average molecular weight is 436 g/mol. The van der Waals surface area contributed by atoms with Gasteiger partial charge in [-0.25, -0.2) is 9.67 Å². The summed E-state index contributed by atoms with van der Waals surface area (Å²) in [4.78, 5) is 17.3. The fraction of sp³-hybridized carbons (Fsp3) is 0.174. The maximum atomic E-state index is 12.8. The second kappa shape index (κ2) is 9.06. The molecule has 0 saturated carbocycles. The first kappa shape index (κ1) is 20.7. The van der Waals surface area contributed by atoms with Gasteiger partial charge in [-0.2, -0.15) is 5.10 Å². The largest absolute Gasteiger partial charge is 0.497 e. The van der Waals surface area contributed by atoms with Crippen LogP contribution in [0.15, 0.2) is 78.0 Å². The van der Waals surface area contributed by atoms with Crippen molar-refractivity contribution in [3.63, 3.8) is 0 Å². The molecule has 8 heteroatoms. The van der Waals surface area contributed by atoms with Gasteiger partial charge in [0.05, 0.1) is 25.5 Å². The fourth-order valence-corrected chi connectivity index (χ4v) is 3.54. The van der Waals surface area contributed by atoms with Gasteiger partial charge in [0.25, 0.3) is 5.56 Å². The second-order valence-corrected chi connectivity index (χ2v) is 7.45. The molecule has 158 valence electrons. The predicted octanol–water partition coefficient (Wildman–Crippen LogP) is 3.89. The van der Waals surface area contributed by atoms with Crippen molar-refractivity contribution in [2.45, 2.75) is 12.6 Å². The van der Waals surface area contributed by atoms with Crippen LogP contribution in [0.1, 0.15) is 23.0 Å². The summed E-state index contributed by atoms with van der Waals surface area (Å²) in [7, 11) is 3.54. The number of aromatic nitrogens is 4. The smallest absolute Gasteiger partial charge is 0.287 e. The van der Waals surface area contributed by atoms with Gasteiger partial charge >= 0.3 is 0 Å². The van der Waals surface area contributed by atoms with Gasteiger partial charge in [-0.1, -0.05) is 54.1 Å². The number of ether oxygens (including phenoxy) is 1. The number of hydrogen-bond donors (Lipinski definition) is 1. The van der Waals surface area contributed by atoms with Crippen molar-refractivity contribution < 1.29 is 4.74 Å². The van der Waals surface area contributed by atoms with Gasteiger partial charge in [0.15, 0.2) is 0 Å². The van der Waals surface area contributed by atoms with E-state index in [0.29, 0.717) is 12.2 Å².